The van der Waals surface area contributed by atoms with Gasteiger partial charge in [-0.25, -0.2) is 4.39 Å². The van der Waals surface area contributed by atoms with Gasteiger partial charge in [-0.05, 0) is 48.9 Å². The van der Waals surface area contributed by atoms with Crippen LogP contribution in [0.1, 0.15) is 25.5 Å². The number of ketones is 1. The maximum absolute atomic E-state index is 13.5. The van der Waals surface area contributed by atoms with Crippen LogP contribution in [-0.2, 0) is 4.79 Å². The van der Waals surface area contributed by atoms with E-state index in [0.717, 1.165) is 17.0 Å². The van der Waals surface area contributed by atoms with Crippen LogP contribution in [0.2, 0.25) is 0 Å². The summed E-state index contributed by atoms with van der Waals surface area (Å²) >= 11 is 0. The number of methoxy groups -OCH3 is 1. The molecule has 2 aromatic rings. The largest absolute Gasteiger partial charge is 0.497 e. The van der Waals surface area contributed by atoms with Crippen LogP contribution < -0.4 is 10.1 Å². The number of benzene rings is 2. The number of hydrogen-bond acceptors (Lipinski definition) is 3. The van der Waals surface area contributed by atoms with Gasteiger partial charge in [0.2, 0.25) is 0 Å². The molecule has 0 spiro atoms. The lowest BCUT2D eigenvalue weighted by Crippen LogP contribution is -2.24. The molecule has 0 aliphatic carbocycles. The second-order valence-electron chi connectivity index (χ2n) is 5.30. The summed E-state index contributed by atoms with van der Waals surface area (Å²) in [5.74, 6) is 0.224. The van der Waals surface area contributed by atoms with Gasteiger partial charge in [0.25, 0.3) is 0 Å². The van der Waals surface area contributed by atoms with Crippen molar-refractivity contribution in [3.05, 3.63) is 59.9 Å². The van der Waals surface area contributed by atoms with Crippen molar-refractivity contribution in [2.75, 3.05) is 12.4 Å². The molecule has 0 heterocycles. The number of carbonyl (C=O) groups excluding carboxylic acids is 1. The number of Topliss-reactive ketones (excluding diaryl/α,β-unsaturated/α-hetero) is 1. The molecule has 0 fully saturated rings. The number of ether oxygens (including phenoxy) is 1. The smallest absolute Gasteiger partial charge is 0.135 e. The number of halogens is 1. The molecule has 0 aromatic heterocycles. The van der Waals surface area contributed by atoms with Crippen LogP contribution in [0.25, 0.3) is 0 Å². The highest BCUT2D eigenvalue weighted by molar-refractivity contribution is 5.79. The average molecular weight is 301 g/mol. The first-order valence-corrected chi connectivity index (χ1v) is 7.17. The lowest BCUT2D eigenvalue weighted by Gasteiger charge is -2.25. The van der Waals surface area contributed by atoms with Gasteiger partial charge in [-0.15, -0.1) is 0 Å². The summed E-state index contributed by atoms with van der Waals surface area (Å²) in [7, 11) is 1.61. The molecule has 0 aliphatic heterocycles. The fourth-order valence-electron chi connectivity index (χ4n) is 2.30. The van der Waals surface area contributed by atoms with Gasteiger partial charge < -0.3 is 10.1 Å². The molecule has 4 heteroatoms. The van der Waals surface area contributed by atoms with E-state index in [-0.39, 0.29) is 23.6 Å². The predicted molar refractivity (Wildman–Crippen MR) is 85.6 cm³/mol. The van der Waals surface area contributed by atoms with Gasteiger partial charge in [-0.1, -0.05) is 19.1 Å². The van der Waals surface area contributed by atoms with Crippen molar-refractivity contribution in [2.45, 2.75) is 19.9 Å². The quantitative estimate of drug-likeness (QED) is 0.868. The van der Waals surface area contributed by atoms with Crippen molar-refractivity contribution in [3.63, 3.8) is 0 Å². The SMILES string of the molecule is COc1ccc(N[C@H](c2cccc(F)c2)[C@H](C)C(C)=O)cc1. The Hall–Kier alpha value is -2.36. The summed E-state index contributed by atoms with van der Waals surface area (Å²) in [5, 5.41) is 3.31. The van der Waals surface area contributed by atoms with E-state index in [4.69, 9.17) is 4.74 Å². The van der Waals surface area contributed by atoms with Gasteiger partial charge in [0, 0.05) is 11.6 Å². The molecule has 0 amide bonds. The van der Waals surface area contributed by atoms with Gasteiger partial charge in [0.1, 0.15) is 17.3 Å². The Labute approximate surface area is 130 Å². The molecular formula is C18H20FNO2. The van der Waals surface area contributed by atoms with Crippen molar-refractivity contribution in [2.24, 2.45) is 5.92 Å². The first-order chi connectivity index (χ1) is 10.5. The van der Waals surface area contributed by atoms with E-state index in [1.54, 1.807) is 20.1 Å². The van der Waals surface area contributed by atoms with Crippen LogP contribution >= 0.6 is 0 Å². The molecule has 1 N–H and O–H groups in total. The third-order valence-electron chi connectivity index (χ3n) is 3.76. The highest BCUT2D eigenvalue weighted by Gasteiger charge is 2.23. The predicted octanol–water partition coefficient (Wildman–Crippen LogP) is 4.21. The topological polar surface area (TPSA) is 38.3 Å². The summed E-state index contributed by atoms with van der Waals surface area (Å²) in [6.45, 7) is 3.39. The molecule has 22 heavy (non-hydrogen) atoms. The molecule has 2 atom stereocenters. The monoisotopic (exact) mass is 301 g/mol. The highest BCUT2D eigenvalue weighted by atomic mass is 19.1. The normalized spacial score (nSPS) is 13.3. The van der Waals surface area contributed by atoms with E-state index in [2.05, 4.69) is 5.32 Å². The summed E-state index contributed by atoms with van der Waals surface area (Å²) < 4.78 is 18.6. The van der Waals surface area contributed by atoms with Gasteiger partial charge in [-0.2, -0.15) is 0 Å². The minimum absolute atomic E-state index is 0.0512. The fourth-order valence-corrected chi connectivity index (χ4v) is 2.30. The number of rotatable bonds is 6. The van der Waals surface area contributed by atoms with E-state index >= 15 is 0 Å². The molecule has 2 aromatic carbocycles. The first kappa shape index (κ1) is 16.0. The molecule has 0 unspecified atom stereocenters. The Kier molecular flexibility index (Phi) is 5.15. The third kappa shape index (κ3) is 3.85. The van der Waals surface area contributed by atoms with E-state index < -0.39 is 0 Å². The highest BCUT2D eigenvalue weighted by Crippen LogP contribution is 2.28. The lowest BCUT2D eigenvalue weighted by molar-refractivity contribution is -0.120. The fraction of sp³-hybridized carbons (Fsp3) is 0.278. The lowest BCUT2D eigenvalue weighted by atomic mass is 9.91. The van der Waals surface area contributed by atoms with Crippen molar-refractivity contribution >= 4 is 11.5 Å². The molecule has 0 bridgehead atoms. The van der Waals surface area contributed by atoms with E-state index in [1.807, 2.05) is 37.3 Å². The number of carbonyl (C=O) groups is 1. The molecular weight excluding hydrogens is 281 g/mol. The second-order valence-corrected chi connectivity index (χ2v) is 5.30. The van der Waals surface area contributed by atoms with Crippen LogP contribution in [0.4, 0.5) is 10.1 Å². The summed E-state index contributed by atoms with van der Waals surface area (Å²) in [5.41, 5.74) is 1.60. The molecule has 0 saturated heterocycles. The molecule has 0 aliphatic rings. The maximum Gasteiger partial charge on any atom is 0.135 e. The van der Waals surface area contributed by atoms with Gasteiger partial charge in [-0.3, -0.25) is 4.79 Å². The summed E-state index contributed by atoms with van der Waals surface area (Å²) in [4.78, 5) is 11.8. The zero-order valence-electron chi connectivity index (χ0n) is 13.0. The Morgan fingerprint density at radius 2 is 1.86 bits per heavy atom. The average Bonchev–Trinajstić information content (AvgIpc) is 2.52. The van der Waals surface area contributed by atoms with Crippen molar-refractivity contribution < 1.29 is 13.9 Å². The Morgan fingerprint density at radius 3 is 2.41 bits per heavy atom. The Bertz CT molecular complexity index is 640. The van der Waals surface area contributed by atoms with Crippen LogP contribution in [0.15, 0.2) is 48.5 Å². The molecule has 0 saturated carbocycles. The van der Waals surface area contributed by atoms with Crippen LogP contribution in [0.3, 0.4) is 0 Å². The number of hydrogen-bond donors (Lipinski definition) is 1. The molecule has 2 rings (SSSR count). The van der Waals surface area contributed by atoms with Crippen molar-refractivity contribution in [1.82, 2.24) is 0 Å². The Morgan fingerprint density at radius 1 is 1.18 bits per heavy atom. The maximum atomic E-state index is 13.5. The minimum atomic E-state index is -0.310. The Balaban J connectivity index is 2.29. The van der Waals surface area contributed by atoms with Crippen molar-refractivity contribution in [3.8, 4) is 5.75 Å². The van der Waals surface area contributed by atoms with Gasteiger partial charge in [0.15, 0.2) is 0 Å². The van der Waals surface area contributed by atoms with Crippen LogP contribution in [0, 0.1) is 11.7 Å². The second kappa shape index (κ2) is 7.07. The summed E-state index contributed by atoms with van der Waals surface area (Å²) in [6.07, 6.45) is 0. The molecule has 116 valence electrons. The molecule has 3 nitrogen and oxygen atoms in total. The number of nitrogens with one attached hydrogen (secondary N) is 1. The molecule has 0 radical (unpaired) electrons. The third-order valence-corrected chi connectivity index (χ3v) is 3.76. The van der Waals surface area contributed by atoms with Gasteiger partial charge in [0.05, 0.1) is 13.2 Å². The van der Waals surface area contributed by atoms with Crippen LogP contribution in [0.5, 0.6) is 5.75 Å². The van der Waals surface area contributed by atoms with Crippen LogP contribution in [-0.4, -0.2) is 12.9 Å². The van der Waals surface area contributed by atoms with Gasteiger partial charge >= 0.3 is 0 Å². The summed E-state index contributed by atoms with van der Waals surface area (Å²) in [6, 6.07) is 13.5. The number of anilines is 1. The van der Waals surface area contributed by atoms with E-state index in [9.17, 15) is 9.18 Å². The van der Waals surface area contributed by atoms with E-state index in [1.165, 1.54) is 12.1 Å². The van der Waals surface area contributed by atoms with E-state index in [0.29, 0.717) is 0 Å². The zero-order chi connectivity index (χ0) is 16.1. The minimum Gasteiger partial charge on any atom is -0.497 e. The van der Waals surface area contributed by atoms with Crippen molar-refractivity contribution in [1.29, 1.82) is 0 Å². The standard InChI is InChI=1S/C18H20FNO2/c1-12(13(2)21)18(14-5-4-6-15(19)11-14)20-16-7-9-17(22-3)10-8-16/h4-12,18,20H,1-3H3/t12-,18+/m1/s1. The first-order valence-electron chi connectivity index (χ1n) is 7.17. The zero-order valence-corrected chi connectivity index (χ0v) is 13.0.